The minimum Gasteiger partial charge on any atom is -0.486 e. The molecule has 0 aliphatic heterocycles. The van der Waals surface area contributed by atoms with Crippen LogP contribution in [-0.2, 0) is 11.4 Å². The second-order valence-electron chi connectivity index (χ2n) is 6.32. The Labute approximate surface area is 134 Å². The van der Waals surface area contributed by atoms with Gasteiger partial charge >= 0.3 is 0 Å². The van der Waals surface area contributed by atoms with Crippen LogP contribution < -0.4 is 10.1 Å². The van der Waals surface area contributed by atoms with E-state index in [1.54, 1.807) is 0 Å². The van der Waals surface area contributed by atoms with E-state index in [1.165, 1.54) is 11.3 Å². The van der Waals surface area contributed by atoms with E-state index in [1.807, 2.05) is 46.8 Å². The molecule has 2 aromatic rings. The first-order valence-electron chi connectivity index (χ1n) is 7.09. The van der Waals surface area contributed by atoms with Gasteiger partial charge in [-0.25, -0.2) is 0 Å². The Hall–Kier alpha value is -1.95. The lowest BCUT2D eigenvalue weighted by Gasteiger charge is -2.15. The Kier molecular flexibility index (Phi) is 4.81. The van der Waals surface area contributed by atoms with Crippen molar-refractivity contribution in [1.82, 2.24) is 10.2 Å². The molecule has 1 heterocycles. The lowest BCUT2D eigenvalue weighted by molar-refractivity contribution is -0.123. The van der Waals surface area contributed by atoms with Crippen molar-refractivity contribution in [3.05, 3.63) is 34.3 Å². The van der Waals surface area contributed by atoms with Gasteiger partial charge in [0.25, 0.3) is 0 Å². The number of nitrogens with zero attached hydrogens (tertiary/aromatic N) is 2. The van der Waals surface area contributed by atoms with Gasteiger partial charge in [-0.05, 0) is 37.1 Å². The molecule has 22 heavy (non-hydrogen) atoms. The number of carbonyl (C=O) groups is 1. The van der Waals surface area contributed by atoms with Crippen LogP contribution in [0.5, 0.6) is 5.75 Å². The zero-order valence-corrected chi connectivity index (χ0v) is 14.4. The molecule has 0 saturated carbocycles. The third-order valence-corrected chi connectivity index (χ3v) is 3.74. The van der Waals surface area contributed by atoms with E-state index in [4.69, 9.17) is 4.74 Å². The fourth-order valence-corrected chi connectivity index (χ4v) is 2.46. The number of ether oxygens (including phenoxy) is 1. The van der Waals surface area contributed by atoms with Crippen molar-refractivity contribution < 1.29 is 9.53 Å². The van der Waals surface area contributed by atoms with E-state index in [9.17, 15) is 4.79 Å². The molecule has 0 unspecified atom stereocenters. The molecule has 1 N–H and O–H groups in total. The molecule has 0 aliphatic rings. The van der Waals surface area contributed by atoms with Crippen LogP contribution in [-0.4, -0.2) is 16.1 Å². The Morgan fingerprint density at radius 3 is 2.41 bits per heavy atom. The Morgan fingerprint density at radius 1 is 1.18 bits per heavy atom. The van der Waals surface area contributed by atoms with Crippen LogP contribution in [0.1, 0.15) is 36.9 Å². The van der Waals surface area contributed by atoms with Crippen molar-refractivity contribution in [2.75, 3.05) is 5.32 Å². The Morgan fingerprint density at radius 2 is 1.82 bits per heavy atom. The molecule has 0 saturated heterocycles. The van der Waals surface area contributed by atoms with Crippen molar-refractivity contribution in [1.29, 1.82) is 0 Å². The van der Waals surface area contributed by atoms with Gasteiger partial charge in [-0.1, -0.05) is 38.2 Å². The van der Waals surface area contributed by atoms with Crippen LogP contribution in [0.25, 0.3) is 0 Å². The van der Waals surface area contributed by atoms with Crippen LogP contribution in [0.2, 0.25) is 0 Å². The molecule has 118 valence electrons. The van der Waals surface area contributed by atoms with Crippen molar-refractivity contribution in [3.63, 3.8) is 0 Å². The zero-order chi connectivity index (χ0) is 16.3. The van der Waals surface area contributed by atoms with Crippen LogP contribution in [0.15, 0.2) is 18.2 Å². The summed E-state index contributed by atoms with van der Waals surface area (Å²) in [7, 11) is 0. The average Bonchev–Trinajstić information content (AvgIpc) is 2.82. The van der Waals surface area contributed by atoms with Gasteiger partial charge in [0.05, 0.1) is 0 Å². The smallest absolute Gasteiger partial charge is 0.231 e. The quantitative estimate of drug-likeness (QED) is 0.933. The highest BCUT2D eigenvalue weighted by atomic mass is 32.1. The Bertz CT molecular complexity index is 654. The zero-order valence-electron chi connectivity index (χ0n) is 13.6. The summed E-state index contributed by atoms with van der Waals surface area (Å²) in [4.78, 5) is 11.9. The lowest BCUT2D eigenvalue weighted by Crippen LogP contribution is -2.27. The van der Waals surface area contributed by atoms with Gasteiger partial charge in [0.1, 0.15) is 12.4 Å². The number of carbonyl (C=O) groups excluding carboxylic acids is 1. The van der Waals surface area contributed by atoms with Crippen molar-refractivity contribution >= 4 is 22.4 Å². The van der Waals surface area contributed by atoms with Gasteiger partial charge in [-0.15, -0.1) is 10.2 Å². The number of aromatic nitrogens is 2. The van der Waals surface area contributed by atoms with E-state index in [0.29, 0.717) is 11.7 Å². The monoisotopic (exact) mass is 319 g/mol. The predicted octanol–water partition coefficient (Wildman–Crippen LogP) is 3.72. The van der Waals surface area contributed by atoms with Crippen LogP contribution >= 0.6 is 11.3 Å². The summed E-state index contributed by atoms with van der Waals surface area (Å²) in [6, 6.07) is 6.06. The van der Waals surface area contributed by atoms with Gasteiger partial charge in [-0.3, -0.25) is 4.79 Å². The number of amides is 1. The molecule has 2 rings (SSSR count). The van der Waals surface area contributed by atoms with Gasteiger partial charge in [0.15, 0.2) is 5.01 Å². The number of aryl methyl sites for hydroxylation is 2. The van der Waals surface area contributed by atoms with Crippen molar-refractivity contribution in [3.8, 4) is 5.75 Å². The van der Waals surface area contributed by atoms with Gasteiger partial charge < -0.3 is 10.1 Å². The topological polar surface area (TPSA) is 64.1 Å². The van der Waals surface area contributed by atoms with Crippen molar-refractivity contribution in [2.45, 2.75) is 41.2 Å². The van der Waals surface area contributed by atoms with E-state index < -0.39 is 5.41 Å². The summed E-state index contributed by atoms with van der Waals surface area (Å²) in [5.41, 5.74) is 1.86. The lowest BCUT2D eigenvalue weighted by atomic mass is 9.96. The normalized spacial score (nSPS) is 11.3. The standard InChI is InChI=1S/C16H21N3O2S/c1-10-6-11(2)8-12(7-10)21-9-13-18-19-15(22-13)17-14(20)16(3,4)5/h6-8H,9H2,1-5H3,(H,17,19,20). The fourth-order valence-electron chi connectivity index (χ4n) is 1.81. The molecule has 6 heteroatoms. The summed E-state index contributed by atoms with van der Waals surface area (Å²) < 4.78 is 5.73. The number of hydrogen-bond donors (Lipinski definition) is 1. The highest BCUT2D eigenvalue weighted by Crippen LogP contribution is 2.22. The first-order valence-corrected chi connectivity index (χ1v) is 7.90. The largest absolute Gasteiger partial charge is 0.486 e. The molecule has 0 spiro atoms. The highest BCUT2D eigenvalue weighted by molar-refractivity contribution is 7.15. The molecule has 0 bridgehead atoms. The molecular formula is C16H21N3O2S. The van der Waals surface area contributed by atoms with Crippen LogP contribution in [0, 0.1) is 19.3 Å². The molecule has 0 radical (unpaired) electrons. The maximum atomic E-state index is 11.9. The van der Waals surface area contributed by atoms with E-state index in [0.717, 1.165) is 21.9 Å². The SMILES string of the molecule is Cc1cc(C)cc(OCc2nnc(NC(=O)C(C)(C)C)s2)c1. The fraction of sp³-hybridized carbons (Fsp3) is 0.438. The molecule has 0 aliphatic carbocycles. The minimum atomic E-state index is -0.457. The van der Waals surface area contributed by atoms with Gasteiger partial charge in [0.2, 0.25) is 11.0 Å². The maximum Gasteiger partial charge on any atom is 0.231 e. The van der Waals surface area contributed by atoms with E-state index >= 15 is 0 Å². The number of benzene rings is 1. The number of rotatable bonds is 4. The molecule has 1 aromatic heterocycles. The van der Waals surface area contributed by atoms with Crippen LogP contribution in [0.4, 0.5) is 5.13 Å². The van der Waals surface area contributed by atoms with Gasteiger partial charge in [-0.2, -0.15) is 0 Å². The predicted molar refractivity (Wildman–Crippen MR) is 88.2 cm³/mol. The number of anilines is 1. The van der Waals surface area contributed by atoms with Gasteiger partial charge in [0, 0.05) is 5.41 Å². The van der Waals surface area contributed by atoms with Crippen LogP contribution in [0.3, 0.4) is 0 Å². The molecular weight excluding hydrogens is 298 g/mol. The third-order valence-electron chi connectivity index (χ3n) is 2.93. The van der Waals surface area contributed by atoms with E-state index in [2.05, 4.69) is 21.6 Å². The second kappa shape index (κ2) is 6.44. The van der Waals surface area contributed by atoms with Crippen molar-refractivity contribution in [2.24, 2.45) is 5.41 Å². The van der Waals surface area contributed by atoms with E-state index in [-0.39, 0.29) is 5.91 Å². The first-order chi connectivity index (χ1) is 10.2. The second-order valence-corrected chi connectivity index (χ2v) is 7.38. The molecule has 0 atom stereocenters. The average molecular weight is 319 g/mol. The molecule has 5 nitrogen and oxygen atoms in total. The summed E-state index contributed by atoms with van der Waals surface area (Å²) in [6.07, 6.45) is 0. The maximum absolute atomic E-state index is 11.9. The summed E-state index contributed by atoms with van der Waals surface area (Å²) in [6.45, 7) is 9.97. The Balaban J connectivity index is 1.96. The summed E-state index contributed by atoms with van der Waals surface area (Å²) >= 11 is 1.33. The highest BCUT2D eigenvalue weighted by Gasteiger charge is 2.22. The first kappa shape index (κ1) is 16.4. The number of hydrogen-bond acceptors (Lipinski definition) is 5. The number of nitrogens with one attached hydrogen (secondary N) is 1. The third kappa shape index (κ3) is 4.53. The minimum absolute atomic E-state index is 0.0783. The molecule has 1 amide bonds. The summed E-state index contributed by atoms with van der Waals surface area (Å²) in [5.74, 6) is 0.735. The molecule has 0 fully saturated rings. The summed E-state index contributed by atoms with van der Waals surface area (Å²) in [5, 5.41) is 12.0. The molecule has 1 aromatic carbocycles.